The predicted molar refractivity (Wildman–Crippen MR) is 72.9 cm³/mol. The zero-order chi connectivity index (χ0) is 13.0. The Kier molecular flexibility index (Phi) is 4.61. The molecule has 0 saturated heterocycles. The Morgan fingerprint density at radius 3 is 2.72 bits per heavy atom. The van der Waals surface area contributed by atoms with Gasteiger partial charge < -0.3 is 14.8 Å². The van der Waals surface area contributed by atoms with Crippen LogP contribution in [0, 0.1) is 5.92 Å². The van der Waals surface area contributed by atoms with Gasteiger partial charge in [0.2, 0.25) is 0 Å². The minimum Gasteiger partial charge on any atom is -0.494 e. The molecule has 1 fully saturated rings. The Labute approximate surface area is 109 Å². The first-order chi connectivity index (χ1) is 8.80. The second-order valence-corrected chi connectivity index (χ2v) is 4.81. The van der Waals surface area contributed by atoms with Gasteiger partial charge in [0, 0.05) is 7.11 Å². The highest BCUT2D eigenvalue weighted by Gasteiger charge is 2.36. The first kappa shape index (κ1) is 13.4. The van der Waals surface area contributed by atoms with Crippen molar-refractivity contribution in [3.8, 4) is 5.75 Å². The Hall–Kier alpha value is -1.06. The molecular weight excluding hydrogens is 226 g/mol. The van der Waals surface area contributed by atoms with Crippen LogP contribution in [-0.4, -0.2) is 26.9 Å². The SMILES string of the molecule is CCOc1cccc(C(NC)C(OC)C2CC2)c1. The molecule has 0 spiro atoms. The Balaban J connectivity index is 2.17. The van der Waals surface area contributed by atoms with Crippen LogP contribution in [0.2, 0.25) is 0 Å². The van der Waals surface area contributed by atoms with Crippen molar-refractivity contribution in [3.63, 3.8) is 0 Å². The lowest BCUT2D eigenvalue weighted by atomic mass is 9.98. The zero-order valence-corrected chi connectivity index (χ0v) is 11.5. The van der Waals surface area contributed by atoms with E-state index in [9.17, 15) is 0 Å². The lowest BCUT2D eigenvalue weighted by Gasteiger charge is -2.26. The quantitative estimate of drug-likeness (QED) is 0.806. The summed E-state index contributed by atoms with van der Waals surface area (Å²) in [6.45, 7) is 2.70. The van der Waals surface area contributed by atoms with E-state index in [-0.39, 0.29) is 12.1 Å². The molecule has 0 aliphatic heterocycles. The molecule has 1 aliphatic rings. The molecule has 1 N–H and O–H groups in total. The van der Waals surface area contributed by atoms with Crippen molar-refractivity contribution in [1.29, 1.82) is 0 Å². The van der Waals surface area contributed by atoms with E-state index >= 15 is 0 Å². The van der Waals surface area contributed by atoms with Gasteiger partial charge in [0.05, 0.1) is 18.8 Å². The summed E-state index contributed by atoms with van der Waals surface area (Å²) in [5.74, 6) is 1.63. The van der Waals surface area contributed by atoms with Crippen LogP contribution >= 0.6 is 0 Å². The maximum atomic E-state index is 5.68. The fraction of sp³-hybridized carbons (Fsp3) is 0.600. The number of likely N-dealkylation sites (N-methyl/N-ethyl adjacent to an activating group) is 1. The number of benzene rings is 1. The molecule has 18 heavy (non-hydrogen) atoms. The lowest BCUT2D eigenvalue weighted by molar-refractivity contribution is 0.0530. The molecule has 1 aromatic carbocycles. The molecule has 2 rings (SSSR count). The van der Waals surface area contributed by atoms with Gasteiger partial charge in [-0.15, -0.1) is 0 Å². The summed E-state index contributed by atoms with van der Waals surface area (Å²) in [5.41, 5.74) is 1.24. The molecule has 100 valence electrons. The maximum Gasteiger partial charge on any atom is 0.119 e. The zero-order valence-electron chi connectivity index (χ0n) is 11.5. The van der Waals surface area contributed by atoms with Gasteiger partial charge in [0.1, 0.15) is 5.75 Å². The fourth-order valence-electron chi connectivity index (χ4n) is 2.51. The second-order valence-electron chi connectivity index (χ2n) is 4.81. The van der Waals surface area contributed by atoms with Crippen LogP contribution in [0.15, 0.2) is 24.3 Å². The first-order valence-corrected chi connectivity index (χ1v) is 6.73. The molecule has 0 bridgehead atoms. The third-order valence-corrected chi connectivity index (χ3v) is 3.53. The Morgan fingerprint density at radius 2 is 2.17 bits per heavy atom. The van der Waals surface area contributed by atoms with Gasteiger partial charge >= 0.3 is 0 Å². The van der Waals surface area contributed by atoms with Gasteiger partial charge in [-0.3, -0.25) is 0 Å². The molecule has 1 aromatic rings. The molecule has 0 radical (unpaired) electrons. The minimum atomic E-state index is 0.239. The predicted octanol–water partition coefficient (Wildman–Crippen LogP) is 2.77. The summed E-state index contributed by atoms with van der Waals surface area (Å²) >= 11 is 0. The molecule has 3 nitrogen and oxygen atoms in total. The highest BCUT2D eigenvalue weighted by Crippen LogP contribution is 2.40. The van der Waals surface area contributed by atoms with Gasteiger partial charge in [0.15, 0.2) is 0 Å². The highest BCUT2D eigenvalue weighted by molar-refractivity contribution is 5.31. The van der Waals surface area contributed by atoms with Crippen LogP contribution in [0.25, 0.3) is 0 Å². The molecule has 3 heteroatoms. The van der Waals surface area contributed by atoms with Gasteiger partial charge in [-0.1, -0.05) is 12.1 Å². The third kappa shape index (κ3) is 3.03. The summed E-state index contributed by atoms with van der Waals surface area (Å²) in [6, 6.07) is 8.53. The number of rotatable bonds is 7. The smallest absolute Gasteiger partial charge is 0.119 e. The largest absolute Gasteiger partial charge is 0.494 e. The van der Waals surface area contributed by atoms with E-state index in [4.69, 9.17) is 9.47 Å². The van der Waals surface area contributed by atoms with Gasteiger partial charge in [-0.05, 0) is 50.4 Å². The van der Waals surface area contributed by atoms with Crippen molar-refractivity contribution in [2.75, 3.05) is 20.8 Å². The molecule has 0 amide bonds. The summed E-state index contributed by atoms with van der Waals surface area (Å²) in [7, 11) is 3.80. The van der Waals surface area contributed by atoms with E-state index in [0.717, 1.165) is 5.75 Å². The minimum absolute atomic E-state index is 0.239. The number of methoxy groups -OCH3 is 1. The highest BCUT2D eigenvalue weighted by atomic mass is 16.5. The number of nitrogens with one attached hydrogen (secondary N) is 1. The molecule has 2 unspecified atom stereocenters. The molecule has 0 aromatic heterocycles. The average Bonchev–Trinajstić information content (AvgIpc) is 3.21. The summed E-state index contributed by atoms with van der Waals surface area (Å²) in [6.07, 6.45) is 2.82. The van der Waals surface area contributed by atoms with Crippen molar-refractivity contribution in [1.82, 2.24) is 5.32 Å². The Morgan fingerprint density at radius 1 is 1.39 bits per heavy atom. The van der Waals surface area contributed by atoms with Crippen molar-refractivity contribution in [2.24, 2.45) is 5.92 Å². The topological polar surface area (TPSA) is 30.5 Å². The van der Waals surface area contributed by atoms with E-state index < -0.39 is 0 Å². The van der Waals surface area contributed by atoms with Gasteiger partial charge in [0.25, 0.3) is 0 Å². The van der Waals surface area contributed by atoms with Crippen LogP contribution in [0.5, 0.6) is 5.75 Å². The van der Waals surface area contributed by atoms with E-state index in [2.05, 4.69) is 17.4 Å². The number of hydrogen-bond acceptors (Lipinski definition) is 3. The second kappa shape index (κ2) is 6.21. The monoisotopic (exact) mass is 249 g/mol. The lowest BCUT2D eigenvalue weighted by Crippen LogP contribution is -2.32. The standard InChI is InChI=1S/C15H23NO2/c1-4-18-13-7-5-6-12(10-13)14(16-2)15(17-3)11-8-9-11/h5-7,10-11,14-16H,4,8-9H2,1-3H3. The molecule has 1 saturated carbocycles. The molecule has 0 heterocycles. The van der Waals surface area contributed by atoms with Gasteiger partial charge in [-0.25, -0.2) is 0 Å². The van der Waals surface area contributed by atoms with Crippen LogP contribution in [0.1, 0.15) is 31.4 Å². The number of ether oxygens (including phenoxy) is 2. The summed E-state index contributed by atoms with van der Waals surface area (Å²) < 4.78 is 11.2. The summed E-state index contributed by atoms with van der Waals surface area (Å²) in [4.78, 5) is 0. The van der Waals surface area contributed by atoms with Crippen LogP contribution in [0.4, 0.5) is 0 Å². The van der Waals surface area contributed by atoms with Crippen molar-refractivity contribution in [3.05, 3.63) is 29.8 Å². The molecule has 2 atom stereocenters. The van der Waals surface area contributed by atoms with Crippen LogP contribution < -0.4 is 10.1 Å². The molecule has 1 aliphatic carbocycles. The van der Waals surface area contributed by atoms with E-state index in [1.807, 2.05) is 26.1 Å². The third-order valence-electron chi connectivity index (χ3n) is 3.53. The van der Waals surface area contributed by atoms with Crippen molar-refractivity contribution >= 4 is 0 Å². The first-order valence-electron chi connectivity index (χ1n) is 6.73. The van der Waals surface area contributed by atoms with E-state index in [0.29, 0.717) is 12.5 Å². The van der Waals surface area contributed by atoms with Crippen LogP contribution in [0.3, 0.4) is 0 Å². The average molecular weight is 249 g/mol. The maximum absolute atomic E-state index is 5.68. The normalized spacial score (nSPS) is 18.4. The van der Waals surface area contributed by atoms with E-state index in [1.54, 1.807) is 7.11 Å². The van der Waals surface area contributed by atoms with Crippen molar-refractivity contribution in [2.45, 2.75) is 31.9 Å². The van der Waals surface area contributed by atoms with E-state index in [1.165, 1.54) is 18.4 Å². The fourth-order valence-corrected chi connectivity index (χ4v) is 2.51. The Bertz CT molecular complexity index is 377. The molecular formula is C15H23NO2. The van der Waals surface area contributed by atoms with Crippen LogP contribution in [-0.2, 0) is 4.74 Å². The van der Waals surface area contributed by atoms with Crippen molar-refractivity contribution < 1.29 is 9.47 Å². The number of hydrogen-bond donors (Lipinski definition) is 1. The van der Waals surface area contributed by atoms with Gasteiger partial charge in [-0.2, -0.15) is 0 Å². The summed E-state index contributed by atoms with van der Waals surface area (Å²) in [5, 5.41) is 3.38.